The van der Waals surface area contributed by atoms with Crippen LogP contribution >= 0.6 is 0 Å². The van der Waals surface area contributed by atoms with Crippen LogP contribution < -0.4 is 19.7 Å². The number of carbonyl (C=O) groups excluding carboxylic acids is 2. The van der Waals surface area contributed by atoms with Gasteiger partial charge in [-0.25, -0.2) is 0 Å². The number of ether oxygens (including phenoxy) is 2. The maximum absolute atomic E-state index is 13.1. The van der Waals surface area contributed by atoms with Crippen molar-refractivity contribution in [3.63, 3.8) is 0 Å². The molecule has 2 fully saturated rings. The molecule has 0 aromatic heterocycles. The zero-order valence-electron chi connectivity index (χ0n) is 21.9. The summed E-state index contributed by atoms with van der Waals surface area (Å²) in [6.07, 6.45) is 1.27. The van der Waals surface area contributed by atoms with Gasteiger partial charge in [-0.05, 0) is 62.2 Å². The second-order valence-electron chi connectivity index (χ2n) is 9.58. The normalized spacial score (nSPS) is 17.1. The van der Waals surface area contributed by atoms with Gasteiger partial charge in [0.15, 0.2) is 0 Å². The molecule has 0 aliphatic carbocycles. The number of nitrogens with one attached hydrogen (secondary N) is 1. The Labute approximate surface area is 214 Å². The maximum atomic E-state index is 13.1. The second-order valence-corrected chi connectivity index (χ2v) is 9.58. The Morgan fingerprint density at radius 2 is 1.56 bits per heavy atom. The lowest BCUT2D eigenvalue weighted by Gasteiger charge is -2.35. The highest BCUT2D eigenvalue weighted by molar-refractivity contribution is 5.96. The van der Waals surface area contributed by atoms with Gasteiger partial charge in [-0.3, -0.25) is 9.59 Å². The number of hydrogen-bond acceptors (Lipinski definition) is 6. The standard InChI is InChI=1S/C28H38N4O4/c1-5-30-12-14-31(15-13-30)23-6-7-26(20(2)16-23)29-27(33)21-8-10-32(11-9-21)28(34)22-17-24(35-3)19-25(18-22)36-4/h6-7,16-19,21H,5,8-15H2,1-4H3,(H,29,33). The van der Waals surface area contributed by atoms with Gasteiger partial charge in [0.05, 0.1) is 14.2 Å². The van der Waals surface area contributed by atoms with Gasteiger partial charge in [0, 0.05) is 68.2 Å². The fourth-order valence-electron chi connectivity index (χ4n) is 5.00. The molecule has 4 rings (SSSR count). The molecule has 194 valence electrons. The number of piperazine rings is 1. The molecule has 8 nitrogen and oxygen atoms in total. The van der Waals surface area contributed by atoms with E-state index in [1.807, 2.05) is 13.0 Å². The molecule has 0 saturated carbocycles. The fraction of sp³-hybridized carbons (Fsp3) is 0.500. The van der Waals surface area contributed by atoms with Crippen LogP contribution in [-0.2, 0) is 4.79 Å². The first-order chi connectivity index (χ1) is 17.4. The van der Waals surface area contributed by atoms with Crippen LogP contribution in [0.4, 0.5) is 11.4 Å². The van der Waals surface area contributed by atoms with Crippen molar-refractivity contribution in [3.05, 3.63) is 47.5 Å². The third-order valence-corrected chi connectivity index (χ3v) is 7.40. The monoisotopic (exact) mass is 494 g/mol. The van der Waals surface area contributed by atoms with Crippen LogP contribution in [0.1, 0.15) is 35.7 Å². The molecule has 1 N–H and O–H groups in total. The molecule has 0 bridgehead atoms. The largest absolute Gasteiger partial charge is 0.497 e. The topological polar surface area (TPSA) is 74.4 Å². The van der Waals surface area contributed by atoms with Gasteiger partial charge >= 0.3 is 0 Å². The Morgan fingerprint density at radius 1 is 0.917 bits per heavy atom. The lowest BCUT2D eigenvalue weighted by molar-refractivity contribution is -0.121. The molecule has 0 unspecified atom stereocenters. The number of rotatable bonds is 7. The molecule has 2 aromatic carbocycles. The number of hydrogen-bond donors (Lipinski definition) is 1. The molecule has 2 heterocycles. The third kappa shape index (κ3) is 5.93. The van der Waals surface area contributed by atoms with Gasteiger partial charge in [-0.1, -0.05) is 6.92 Å². The van der Waals surface area contributed by atoms with Crippen molar-refractivity contribution in [3.8, 4) is 11.5 Å². The minimum Gasteiger partial charge on any atom is -0.497 e. The molecule has 2 aromatic rings. The van der Waals surface area contributed by atoms with E-state index in [1.54, 1.807) is 37.3 Å². The molecule has 0 radical (unpaired) electrons. The van der Waals surface area contributed by atoms with Crippen molar-refractivity contribution >= 4 is 23.2 Å². The van der Waals surface area contributed by atoms with Crippen LogP contribution in [0.3, 0.4) is 0 Å². The van der Waals surface area contributed by atoms with Crippen LogP contribution in [0.5, 0.6) is 11.5 Å². The molecule has 36 heavy (non-hydrogen) atoms. The van der Waals surface area contributed by atoms with Crippen molar-refractivity contribution in [2.24, 2.45) is 5.92 Å². The van der Waals surface area contributed by atoms with Crippen molar-refractivity contribution < 1.29 is 19.1 Å². The Morgan fingerprint density at radius 3 is 2.11 bits per heavy atom. The van der Waals surface area contributed by atoms with Gasteiger partial charge in [0.2, 0.25) is 5.91 Å². The Kier molecular flexibility index (Phi) is 8.36. The van der Waals surface area contributed by atoms with Crippen LogP contribution in [0.15, 0.2) is 36.4 Å². The molecule has 2 aliphatic rings. The van der Waals surface area contributed by atoms with Crippen molar-refractivity contribution in [2.45, 2.75) is 26.7 Å². The Bertz CT molecular complexity index is 1050. The Balaban J connectivity index is 1.32. The van der Waals surface area contributed by atoms with Gasteiger partial charge in [0.1, 0.15) is 11.5 Å². The van der Waals surface area contributed by atoms with E-state index in [9.17, 15) is 9.59 Å². The number of methoxy groups -OCH3 is 2. The van der Waals surface area contributed by atoms with Crippen LogP contribution in [0, 0.1) is 12.8 Å². The Hall–Kier alpha value is -3.26. The average molecular weight is 495 g/mol. The fourth-order valence-corrected chi connectivity index (χ4v) is 5.00. The molecular formula is C28H38N4O4. The van der Waals surface area contributed by atoms with E-state index in [-0.39, 0.29) is 17.7 Å². The van der Waals surface area contributed by atoms with Gasteiger partial charge in [-0.2, -0.15) is 0 Å². The van der Waals surface area contributed by atoms with Crippen LogP contribution in [0.25, 0.3) is 0 Å². The molecule has 2 amide bonds. The summed E-state index contributed by atoms with van der Waals surface area (Å²) in [4.78, 5) is 32.8. The summed E-state index contributed by atoms with van der Waals surface area (Å²) in [5.74, 6) is 0.998. The molecule has 0 atom stereocenters. The first-order valence-electron chi connectivity index (χ1n) is 12.8. The van der Waals surface area contributed by atoms with E-state index in [1.165, 1.54) is 5.69 Å². The highest BCUT2D eigenvalue weighted by atomic mass is 16.5. The molecule has 0 spiro atoms. The molecular weight excluding hydrogens is 456 g/mol. The minimum absolute atomic E-state index is 0.0255. The summed E-state index contributed by atoms with van der Waals surface area (Å²) in [6, 6.07) is 11.5. The van der Waals surface area contributed by atoms with Gasteiger partial charge < -0.3 is 29.5 Å². The number of benzene rings is 2. The van der Waals surface area contributed by atoms with E-state index in [0.717, 1.165) is 44.0 Å². The summed E-state index contributed by atoms with van der Waals surface area (Å²) in [6.45, 7) is 10.7. The summed E-state index contributed by atoms with van der Waals surface area (Å²) in [5.41, 5.74) is 3.67. The predicted octanol–water partition coefficient (Wildman–Crippen LogP) is 3.65. The number of likely N-dealkylation sites (N-methyl/N-ethyl adjacent to an activating group) is 1. The number of piperidine rings is 1. The number of aryl methyl sites for hydroxylation is 1. The summed E-state index contributed by atoms with van der Waals surface area (Å²) in [7, 11) is 3.13. The van der Waals surface area contributed by atoms with Crippen molar-refractivity contribution in [1.29, 1.82) is 0 Å². The van der Waals surface area contributed by atoms with Crippen molar-refractivity contribution in [1.82, 2.24) is 9.80 Å². The van der Waals surface area contributed by atoms with Gasteiger partial charge in [-0.15, -0.1) is 0 Å². The minimum atomic E-state index is -0.116. The number of likely N-dealkylation sites (tertiary alicyclic amines) is 1. The summed E-state index contributed by atoms with van der Waals surface area (Å²) < 4.78 is 10.6. The van der Waals surface area contributed by atoms with Crippen LogP contribution in [-0.4, -0.2) is 81.6 Å². The van der Waals surface area contributed by atoms with Crippen molar-refractivity contribution in [2.75, 3.05) is 70.2 Å². The first kappa shape index (κ1) is 25.8. The molecule has 8 heteroatoms. The highest BCUT2D eigenvalue weighted by Crippen LogP contribution is 2.28. The number of amides is 2. The lowest BCUT2D eigenvalue weighted by atomic mass is 9.95. The van der Waals surface area contributed by atoms with E-state index in [0.29, 0.717) is 43.0 Å². The zero-order chi connectivity index (χ0) is 25.7. The first-order valence-corrected chi connectivity index (χ1v) is 12.8. The predicted molar refractivity (Wildman–Crippen MR) is 142 cm³/mol. The number of anilines is 2. The zero-order valence-corrected chi connectivity index (χ0v) is 21.9. The quantitative estimate of drug-likeness (QED) is 0.634. The lowest BCUT2D eigenvalue weighted by Crippen LogP contribution is -2.46. The average Bonchev–Trinajstić information content (AvgIpc) is 2.93. The SMILES string of the molecule is CCN1CCN(c2ccc(NC(=O)C3CCN(C(=O)c4cc(OC)cc(OC)c4)CC3)c(C)c2)CC1. The maximum Gasteiger partial charge on any atom is 0.254 e. The summed E-state index contributed by atoms with van der Waals surface area (Å²) >= 11 is 0. The van der Waals surface area contributed by atoms with Crippen LogP contribution in [0.2, 0.25) is 0 Å². The van der Waals surface area contributed by atoms with E-state index in [4.69, 9.17) is 9.47 Å². The smallest absolute Gasteiger partial charge is 0.254 e. The summed E-state index contributed by atoms with van der Waals surface area (Å²) in [5, 5.41) is 3.13. The molecule has 2 saturated heterocycles. The number of carbonyl (C=O) groups is 2. The second kappa shape index (κ2) is 11.6. The third-order valence-electron chi connectivity index (χ3n) is 7.40. The van der Waals surface area contributed by atoms with Gasteiger partial charge in [0.25, 0.3) is 5.91 Å². The molecule has 2 aliphatic heterocycles. The van der Waals surface area contributed by atoms with E-state index < -0.39 is 0 Å². The highest BCUT2D eigenvalue weighted by Gasteiger charge is 2.28. The number of nitrogens with zero attached hydrogens (tertiary/aromatic N) is 3. The van der Waals surface area contributed by atoms with E-state index in [2.05, 4.69) is 34.2 Å². The van der Waals surface area contributed by atoms with E-state index >= 15 is 0 Å².